The Morgan fingerprint density at radius 2 is 1.73 bits per heavy atom. The molecule has 0 unspecified atom stereocenters. The molecular weight excluding hydrogens is 484 g/mol. The third-order valence-electron chi connectivity index (χ3n) is 4.71. The van der Waals surface area contributed by atoms with Crippen molar-refractivity contribution in [3.8, 4) is 0 Å². The molecule has 0 aliphatic rings. The molecule has 0 amide bonds. The van der Waals surface area contributed by atoms with Crippen molar-refractivity contribution in [1.29, 1.82) is 0 Å². The van der Waals surface area contributed by atoms with Gasteiger partial charge >= 0.3 is 0 Å². The van der Waals surface area contributed by atoms with Crippen LogP contribution in [0.2, 0.25) is 5.02 Å². The van der Waals surface area contributed by atoms with E-state index in [1.807, 2.05) is 36.5 Å². The third kappa shape index (κ3) is 7.36. The van der Waals surface area contributed by atoms with E-state index in [-0.39, 0.29) is 37.2 Å². The van der Waals surface area contributed by atoms with Crippen LogP contribution in [-0.4, -0.2) is 53.1 Å². The number of hydrogen-bond acceptors (Lipinski definition) is 5. The van der Waals surface area contributed by atoms with Gasteiger partial charge in [0.2, 0.25) is 0 Å². The van der Waals surface area contributed by atoms with Crippen LogP contribution >= 0.6 is 60.6 Å². The van der Waals surface area contributed by atoms with Gasteiger partial charge in [-0.05, 0) is 31.3 Å². The summed E-state index contributed by atoms with van der Waals surface area (Å²) in [5.41, 5.74) is 3.93. The molecule has 0 fully saturated rings. The fourth-order valence-electron chi connectivity index (χ4n) is 2.96. The number of benzene rings is 1. The Morgan fingerprint density at radius 1 is 1.03 bits per heavy atom. The lowest BCUT2D eigenvalue weighted by Crippen LogP contribution is -2.33. The number of thioether (sulfide) groups is 1. The number of fused-ring (bicyclic) bond motifs is 1. The summed E-state index contributed by atoms with van der Waals surface area (Å²) in [5, 5.41) is 1.61. The molecule has 0 aliphatic carbocycles. The molecular formula is C20H29Cl4N5S. The second kappa shape index (κ2) is 14.2. The zero-order chi connectivity index (χ0) is 19.2. The van der Waals surface area contributed by atoms with Crippen molar-refractivity contribution < 1.29 is 0 Å². The van der Waals surface area contributed by atoms with Gasteiger partial charge in [0.05, 0.1) is 27.4 Å². The SMILES string of the molecule is CCN(CC)CCN(C)c1ccnc(CSc2nc3ccccc3[nH]2)c1Cl.Cl.Cl.Cl. The van der Waals surface area contributed by atoms with Crippen molar-refractivity contribution in [2.45, 2.75) is 24.8 Å². The average Bonchev–Trinajstić information content (AvgIpc) is 3.10. The number of rotatable bonds is 9. The first kappa shape index (κ1) is 29.1. The van der Waals surface area contributed by atoms with Gasteiger partial charge in [0.25, 0.3) is 0 Å². The van der Waals surface area contributed by atoms with Gasteiger partial charge in [-0.2, -0.15) is 0 Å². The minimum Gasteiger partial charge on any atom is -0.372 e. The van der Waals surface area contributed by atoms with Crippen LogP contribution < -0.4 is 4.90 Å². The predicted molar refractivity (Wildman–Crippen MR) is 138 cm³/mol. The molecule has 0 saturated carbocycles. The Balaban J connectivity index is 0.00000280. The molecule has 0 atom stereocenters. The highest BCUT2D eigenvalue weighted by molar-refractivity contribution is 7.98. The van der Waals surface area contributed by atoms with Crippen molar-refractivity contribution in [3.63, 3.8) is 0 Å². The molecule has 5 nitrogen and oxygen atoms in total. The van der Waals surface area contributed by atoms with E-state index in [1.165, 1.54) is 0 Å². The Labute approximate surface area is 206 Å². The summed E-state index contributed by atoms with van der Waals surface area (Å²) < 4.78 is 0. The summed E-state index contributed by atoms with van der Waals surface area (Å²) in [7, 11) is 2.08. The van der Waals surface area contributed by atoms with Gasteiger partial charge in [-0.25, -0.2) is 4.98 Å². The number of anilines is 1. The van der Waals surface area contributed by atoms with E-state index < -0.39 is 0 Å². The van der Waals surface area contributed by atoms with Crippen LogP contribution in [0.3, 0.4) is 0 Å². The summed E-state index contributed by atoms with van der Waals surface area (Å²) in [5.74, 6) is 0.677. The highest BCUT2D eigenvalue weighted by Gasteiger charge is 2.13. The minimum atomic E-state index is 0. The molecule has 0 radical (unpaired) electrons. The predicted octanol–water partition coefficient (Wildman–Crippen LogP) is 5.95. The first-order valence-electron chi connectivity index (χ1n) is 9.26. The molecule has 1 aromatic carbocycles. The van der Waals surface area contributed by atoms with E-state index in [9.17, 15) is 0 Å². The number of aromatic amines is 1. The smallest absolute Gasteiger partial charge is 0.166 e. The number of H-pyrrole nitrogens is 1. The number of imidazole rings is 1. The summed E-state index contributed by atoms with van der Waals surface area (Å²) >= 11 is 8.29. The second-order valence-corrected chi connectivity index (χ2v) is 7.73. The van der Waals surface area contributed by atoms with Gasteiger partial charge < -0.3 is 14.8 Å². The largest absolute Gasteiger partial charge is 0.372 e. The van der Waals surface area contributed by atoms with Crippen LogP contribution in [0.1, 0.15) is 19.5 Å². The maximum absolute atomic E-state index is 6.67. The molecule has 0 spiro atoms. The lowest BCUT2D eigenvalue weighted by atomic mass is 10.3. The van der Waals surface area contributed by atoms with Crippen LogP contribution in [0, 0.1) is 0 Å². The van der Waals surface area contributed by atoms with Crippen molar-refractivity contribution in [2.24, 2.45) is 0 Å². The van der Waals surface area contributed by atoms with Gasteiger partial charge in [-0.1, -0.05) is 49.3 Å². The zero-order valence-electron chi connectivity index (χ0n) is 17.3. The Kier molecular flexibility index (Phi) is 13.8. The van der Waals surface area contributed by atoms with E-state index in [2.05, 4.69) is 45.6 Å². The van der Waals surface area contributed by atoms with Crippen LogP contribution in [0.25, 0.3) is 11.0 Å². The molecule has 3 aromatic rings. The van der Waals surface area contributed by atoms with Gasteiger partial charge in [-0.3, -0.25) is 4.98 Å². The fraction of sp³-hybridized carbons (Fsp3) is 0.400. The quantitative estimate of drug-likeness (QED) is 0.359. The Bertz CT molecular complexity index is 856. The van der Waals surface area contributed by atoms with Gasteiger partial charge in [0.1, 0.15) is 0 Å². The Morgan fingerprint density at radius 3 is 2.40 bits per heavy atom. The van der Waals surface area contributed by atoms with Gasteiger partial charge in [-0.15, -0.1) is 37.2 Å². The number of hydrogen-bond donors (Lipinski definition) is 1. The van der Waals surface area contributed by atoms with Crippen molar-refractivity contribution >= 4 is 77.3 Å². The third-order valence-corrected chi connectivity index (χ3v) is 6.01. The minimum absolute atomic E-state index is 0. The van der Waals surface area contributed by atoms with Crippen LogP contribution in [-0.2, 0) is 5.75 Å². The molecule has 0 aliphatic heterocycles. The first-order chi connectivity index (χ1) is 13.1. The van der Waals surface area contributed by atoms with E-state index in [0.29, 0.717) is 5.75 Å². The molecule has 10 heteroatoms. The summed E-state index contributed by atoms with van der Waals surface area (Å²) in [6.45, 7) is 8.46. The molecule has 30 heavy (non-hydrogen) atoms. The van der Waals surface area contributed by atoms with E-state index in [1.54, 1.807) is 11.8 Å². The zero-order valence-corrected chi connectivity index (χ0v) is 21.3. The summed E-state index contributed by atoms with van der Waals surface area (Å²) in [6, 6.07) is 10.0. The second-order valence-electron chi connectivity index (χ2n) is 6.39. The van der Waals surface area contributed by atoms with Gasteiger partial charge in [0.15, 0.2) is 5.16 Å². The molecule has 1 N–H and O–H groups in total. The summed E-state index contributed by atoms with van der Waals surface area (Å²) in [6.07, 6.45) is 1.84. The number of pyridine rings is 1. The van der Waals surface area contributed by atoms with Crippen LogP contribution in [0.5, 0.6) is 0 Å². The van der Waals surface area contributed by atoms with Crippen LogP contribution in [0.4, 0.5) is 5.69 Å². The van der Waals surface area contributed by atoms with E-state index in [0.717, 1.165) is 58.8 Å². The van der Waals surface area contributed by atoms with Crippen molar-refractivity contribution in [3.05, 3.63) is 47.2 Å². The number of halogens is 4. The topological polar surface area (TPSA) is 48.1 Å². The lowest BCUT2D eigenvalue weighted by molar-refractivity contribution is 0.311. The number of likely N-dealkylation sites (N-methyl/N-ethyl adjacent to an activating group) is 2. The monoisotopic (exact) mass is 511 g/mol. The number of aromatic nitrogens is 3. The summed E-state index contributed by atoms with van der Waals surface area (Å²) in [4.78, 5) is 17.0. The fourth-order valence-corrected chi connectivity index (χ4v) is 4.20. The highest BCUT2D eigenvalue weighted by atomic mass is 35.5. The molecule has 2 aromatic heterocycles. The Hall–Kier alpha value is -0.890. The lowest BCUT2D eigenvalue weighted by Gasteiger charge is -2.25. The molecule has 168 valence electrons. The first-order valence-corrected chi connectivity index (χ1v) is 10.6. The van der Waals surface area contributed by atoms with Crippen LogP contribution in [0.15, 0.2) is 41.7 Å². The maximum atomic E-state index is 6.67. The van der Waals surface area contributed by atoms with Gasteiger partial charge in [0, 0.05) is 32.1 Å². The van der Waals surface area contributed by atoms with E-state index >= 15 is 0 Å². The normalized spacial score (nSPS) is 10.3. The number of nitrogens with one attached hydrogen (secondary N) is 1. The standard InChI is InChI=1S/C20H26ClN5S.3ClH/c1-4-26(5-2)13-12-25(3)18-10-11-22-17(19(18)21)14-27-20-23-15-8-6-7-9-16(15)24-20;;;/h6-11H,4-5,12-14H2,1-3H3,(H,23,24);3*1H. The average molecular weight is 513 g/mol. The molecule has 2 heterocycles. The molecule has 0 saturated heterocycles. The number of para-hydroxylation sites is 2. The van der Waals surface area contributed by atoms with Crippen molar-refractivity contribution in [1.82, 2.24) is 19.9 Å². The number of nitrogens with zero attached hydrogens (tertiary/aromatic N) is 4. The highest BCUT2D eigenvalue weighted by Crippen LogP contribution is 2.31. The molecule has 0 bridgehead atoms. The van der Waals surface area contributed by atoms with Crippen molar-refractivity contribution in [2.75, 3.05) is 38.1 Å². The van der Waals surface area contributed by atoms with E-state index in [4.69, 9.17) is 11.6 Å². The molecule has 3 rings (SSSR count). The maximum Gasteiger partial charge on any atom is 0.166 e.